The number of allylic oxidation sites excluding steroid dienone is 2. The van der Waals surface area contributed by atoms with Crippen molar-refractivity contribution < 1.29 is 29.0 Å². The molecule has 8 rings (SSSR count). The third kappa shape index (κ3) is 5.02. The van der Waals surface area contributed by atoms with Crippen LogP contribution in [0.3, 0.4) is 0 Å². The highest BCUT2D eigenvalue weighted by molar-refractivity contribution is 7.09. The SMILES string of the molecule is COc1ccc(C23C(=O)N(Nc4ccc(Cl)cc4Cl)C(=O)C2CC2C(=CCC4C(=O)N(Cc5cccs5)C(=O)C42)C3c2cccc(C)c2O)cc1. The lowest BCUT2D eigenvalue weighted by Crippen LogP contribution is -2.53. The Labute approximate surface area is 308 Å². The van der Waals surface area contributed by atoms with Crippen LogP contribution in [0, 0.1) is 30.6 Å². The fourth-order valence-corrected chi connectivity index (χ4v) is 10.0. The van der Waals surface area contributed by atoms with Crippen molar-refractivity contribution in [2.45, 2.75) is 37.6 Å². The number of imide groups is 2. The Balaban J connectivity index is 1.33. The third-order valence-corrected chi connectivity index (χ3v) is 12.6. The van der Waals surface area contributed by atoms with Crippen LogP contribution in [0.1, 0.15) is 40.3 Å². The Morgan fingerprint density at radius 1 is 0.961 bits per heavy atom. The summed E-state index contributed by atoms with van der Waals surface area (Å²) in [4.78, 5) is 60.7. The molecular formula is C39H33Cl2N3O6S. The third-order valence-electron chi connectivity index (χ3n) is 11.1. The number of thiophene rings is 1. The Kier molecular flexibility index (Phi) is 8.24. The van der Waals surface area contributed by atoms with Crippen LogP contribution in [0.4, 0.5) is 5.69 Å². The van der Waals surface area contributed by atoms with Crippen LogP contribution in [0.2, 0.25) is 10.0 Å². The van der Waals surface area contributed by atoms with Gasteiger partial charge in [-0.05, 0) is 78.6 Å². The van der Waals surface area contributed by atoms with E-state index in [0.29, 0.717) is 39.6 Å². The summed E-state index contributed by atoms with van der Waals surface area (Å²) in [5, 5.41) is 15.3. The molecule has 3 aromatic carbocycles. The fraction of sp³-hybridized carbons (Fsp3) is 0.282. The van der Waals surface area contributed by atoms with E-state index in [1.165, 1.54) is 22.3 Å². The van der Waals surface area contributed by atoms with Crippen LogP contribution in [-0.4, -0.2) is 45.8 Å². The van der Waals surface area contributed by atoms with Gasteiger partial charge >= 0.3 is 0 Å². The van der Waals surface area contributed by atoms with E-state index >= 15 is 4.79 Å². The molecular weight excluding hydrogens is 709 g/mol. The number of anilines is 1. The van der Waals surface area contributed by atoms with E-state index in [0.717, 1.165) is 15.5 Å². The molecule has 0 spiro atoms. The van der Waals surface area contributed by atoms with E-state index in [1.54, 1.807) is 62.6 Å². The number of methoxy groups -OCH3 is 1. The number of nitrogens with zero attached hydrogens (tertiary/aromatic N) is 2. The Bertz CT molecular complexity index is 2140. The lowest BCUT2D eigenvalue weighted by atomic mass is 9.49. The number of aromatic hydroxyl groups is 1. The zero-order valence-corrected chi connectivity index (χ0v) is 30.0. The van der Waals surface area contributed by atoms with Gasteiger partial charge in [-0.15, -0.1) is 11.3 Å². The molecule has 2 aliphatic heterocycles. The van der Waals surface area contributed by atoms with Gasteiger partial charge in [0.1, 0.15) is 11.5 Å². The van der Waals surface area contributed by atoms with Crippen molar-refractivity contribution in [3.05, 3.63) is 121 Å². The number of aryl methyl sites for hydroxylation is 1. The first-order valence-corrected chi connectivity index (χ1v) is 18.3. The molecule has 2 saturated heterocycles. The molecule has 9 nitrogen and oxygen atoms in total. The number of hydrogen-bond donors (Lipinski definition) is 2. The van der Waals surface area contributed by atoms with E-state index < -0.39 is 46.8 Å². The van der Waals surface area contributed by atoms with Gasteiger partial charge in [-0.1, -0.05) is 71.2 Å². The number of hydrazine groups is 1. The van der Waals surface area contributed by atoms with E-state index in [4.69, 9.17) is 27.9 Å². The van der Waals surface area contributed by atoms with Gasteiger partial charge in [0.05, 0.1) is 47.5 Å². The first kappa shape index (κ1) is 33.5. The van der Waals surface area contributed by atoms with Crippen LogP contribution in [-0.2, 0) is 31.1 Å². The highest BCUT2D eigenvalue weighted by Crippen LogP contribution is 2.65. The molecule has 3 heterocycles. The van der Waals surface area contributed by atoms with Gasteiger partial charge in [0.25, 0.3) is 11.8 Å². The molecule has 1 aromatic heterocycles. The largest absolute Gasteiger partial charge is 0.507 e. The second kappa shape index (κ2) is 12.5. The number of hydrogen-bond acceptors (Lipinski definition) is 8. The number of amides is 4. The second-order valence-corrected chi connectivity index (χ2v) is 15.4. The average Bonchev–Trinajstić information content (AvgIpc) is 3.79. The Hall–Kier alpha value is -4.64. The number of likely N-dealkylation sites (tertiary alicyclic amines) is 1. The minimum Gasteiger partial charge on any atom is -0.507 e. The van der Waals surface area contributed by atoms with Crippen LogP contribution in [0.25, 0.3) is 0 Å². The fourth-order valence-electron chi connectivity index (χ4n) is 8.88. The van der Waals surface area contributed by atoms with Crippen molar-refractivity contribution >= 4 is 63.9 Å². The number of phenols is 1. The predicted molar refractivity (Wildman–Crippen MR) is 193 cm³/mol. The van der Waals surface area contributed by atoms with Crippen molar-refractivity contribution in [2.75, 3.05) is 12.5 Å². The molecule has 6 unspecified atom stereocenters. The molecule has 4 amide bonds. The highest BCUT2D eigenvalue weighted by atomic mass is 35.5. The molecule has 0 radical (unpaired) electrons. The molecule has 2 N–H and O–H groups in total. The van der Waals surface area contributed by atoms with Crippen LogP contribution in [0.5, 0.6) is 11.5 Å². The van der Waals surface area contributed by atoms with Crippen molar-refractivity contribution in [1.29, 1.82) is 0 Å². The van der Waals surface area contributed by atoms with Crippen molar-refractivity contribution in [3.63, 3.8) is 0 Å². The van der Waals surface area contributed by atoms with E-state index in [1.807, 2.05) is 29.7 Å². The van der Waals surface area contributed by atoms with Crippen LogP contribution >= 0.6 is 34.5 Å². The number of rotatable bonds is 7. The van der Waals surface area contributed by atoms with Gasteiger partial charge < -0.3 is 9.84 Å². The van der Waals surface area contributed by atoms with Gasteiger partial charge in [-0.2, -0.15) is 5.01 Å². The number of phenolic OH excluding ortho intramolecular Hbond substituents is 1. The number of benzene rings is 3. The van der Waals surface area contributed by atoms with Gasteiger partial charge in [0.2, 0.25) is 11.8 Å². The number of carbonyl (C=O) groups is 4. The quantitative estimate of drug-likeness (QED) is 0.151. The lowest BCUT2D eigenvalue weighted by molar-refractivity contribution is -0.141. The van der Waals surface area contributed by atoms with Crippen molar-refractivity contribution in [1.82, 2.24) is 9.91 Å². The number of nitrogens with one attached hydrogen (secondary N) is 1. The molecule has 1 saturated carbocycles. The molecule has 2 aliphatic carbocycles. The predicted octanol–water partition coefficient (Wildman–Crippen LogP) is 7.26. The maximum absolute atomic E-state index is 15.3. The number of ether oxygens (including phenoxy) is 1. The van der Waals surface area contributed by atoms with Gasteiger partial charge in [-0.3, -0.25) is 29.5 Å². The summed E-state index contributed by atoms with van der Waals surface area (Å²) in [7, 11) is 1.55. The van der Waals surface area contributed by atoms with Gasteiger partial charge in [0.15, 0.2) is 0 Å². The summed E-state index contributed by atoms with van der Waals surface area (Å²) in [5.41, 5.74) is 4.11. The zero-order valence-electron chi connectivity index (χ0n) is 27.6. The maximum Gasteiger partial charge on any atom is 0.260 e. The number of para-hydroxylation sites is 1. The molecule has 51 heavy (non-hydrogen) atoms. The van der Waals surface area contributed by atoms with Crippen LogP contribution in [0.15, 0.2) is 89.8 Å². The zero-order chi connectivity index (χ0) is 35.8. The standard InChI is InChI=1S/C39H33Cl2N3O6S/c1-20-5-3-7-27(34(20)45)33-25-13-14-26-32(37(48)43(35(26)46)19-24-6-4-16-51-24)28(25)18-29-36(47)44(42-31-15-10-22(40)17-30(31)41)38(49)39(29,33)21-8-11-23(50-2)12-9-21/h3-13,15-17,26,28-29,32-33,42,45H,14,18-19H2,1-2H3. The average molecular weight is 743 g/mol. The highest BCUT2D eigenvalue weighted by Gasteiger charge is 2.70. The Morgan fingerprint density at radius 3 is 2.45 bits per heavy atom. The minimum absolute atomic E-state index is 0.00152. The van der Waals surface area contributed by atoms with Crippen molar-refractivity contribution in [2.24, 2.45) is 23.7 Å². The smallest absolute Gasteiger partial charge is 0.260 e. The van der Waals surface area contributed by atoms with Gasteiger partial charge in [-0.25, -0.2) is 0 Å². The van der Waals surface area contributed by atoms with Crippen LogP contribution < -0.4 is 10.2 Å². The maximum atomic E-state index is 15.3. The molecule has 6 atom stereocenters. The summed E-state index contributed by atoms with van der Waals surface area (Å²) >= 11 is 14.2. The van der Waals surface area contributed by atoms with Gasteiger partial charge in [0, 0.05) is 21.4 Å². The second-order valence-electron chi connectivity index (χ2n) is 13.6. The first-order chi connectivity index (χ1) is 24.6. The normalized spacial score (nSPS) is 26.9. The molecule has 3 fully saturated rings. The van der Waals surface area contributed by atoms with Crippen molar-refractivity contribution in [3.8, 4) is 11.5 Å². The molecule has 4 aromatic rings. The molecule has 260 valence electrons. The van der Waals surface area contributed by atoms with E-state index in [-0.39, 0.29) is 35.6 Å². The summed E-state index contributed by atoms with van der Waals surface area (Å²) < 4.78 is 5.46. The Morgan fingerprint density at radius 2 is 1.75 bits per heavy atom. The monoisotopic (exact) mass is 741 g/mol. The summed E-state index contributed by atoms with van der Waals surface area (Å²) in [6, 6.07) is 20.9. The number of carbonyl (C=O) groups excluding carboxylic acids is 4. The molecule has 12 heteroatoms. The topological polar surface area (TPSA) is 116 Å². The minimum atomic E-state index is -1.56. The van der Waals surface area contributed by atoms with E-state index in [2.05, 4.69) is 5.43 Å². The first-order valence-electron chi connectivity index (χ1n) is 16.7. The number of fused-ring (bicyclic) bond motifs is 4. The summed E-state index contributed by atoms with van der Waals surface area (Å²) in [6.45, 7) is 1.96. The lowest BCUT2D eigenvalue weighted by Gasteiger charge is -2.50. The molecule has 4 aliphatic rings. The van der Waals surface area contributed by atoms with E-state index in [9.17, 15) is 19.5 Å². The summed E-state index contributed by atoms with van der Waals surface area (Å²) in [5.74, 6) is -4.72. The number of halogens is 2. The molecule has 0 bridgehead atoms. The summed E-state index contributed by atoms with van der Waals surface area (Å²) in [6.07, 6.45) is 2.40.